The van der Waals surface area contributed by atoms with E-state index in [9.17, 15) is 15.0 Å². The van der Waals surface area contributed by atoms with Crippen LogP contribution >= 0.6 is 0 Å². The molecule has 1 rings (SSSR count). The molecular weight excluding hydrogens is 218 g/mol. The third-order valence-electron chi connectivity index (χ3n) is 2.80. The van der Waals surface area contributed by atoms with Gasteiger partial charge >= 0.3 is 5.97 Å². The molecule has 0 bridgehead atoms. The maximum Gasteiger partial charge on any atom is 0.328 e. The molecule has 17 heavy (non-hydrogen) atoms. The molecule has 0 fully saturated rings. The highest BCUT2D eigenvalue weighted by atomic mass is 16.4. The number of carboxylic acids is 1. The van der Waals surface area contributed by atoms with Crippen molar-refractivity contribution in [1.82, 2.24) is 5.32 Å². The summed E-state index contributed by atoms with van der Waals surface area (Å²) in [6.07, 6.45) is 2.02. The van der Waals surface area contributed by atoms with Crippen LogP contribution in [0.25, 0.3) is 0 Å². The summed E-state index contributed by atoms with van der Waals surface area (Å²) in [6, 6.07) is 6.20. The van der Waals surface area contributed by atoms with Gasteiger partial charge in [-0.3, -0.25) is 5.32 Å². The minimum absolute atomic E-state index is 0.118. The van der Waals surface area contributed by atoms with Crippen molar-refractivity contribution in [2.24, 2.45) is 0 Å². The van der Waals surface area contributed by atoms with E-state index in [4.69, 9.17) is 0 Å². The van der Waals surface area contributed by atoms with Crippen molar-refractivity contribution in [1.29, 1.82) is 0 Å². The van der Waals surface area contributed by atoms with Crippen molar-refractivity contribution in [2.75, 3.05) is 6.54 Å². The Morgan fingerprint density at radius 3 is 2.47 bits per heavy atom. The zero-order valence-corrected chi connectivity index (χ0v) is 9.81. The van der Waals surface area contributed by atoms with Crippen LogP contribution in [0.5, 0.6) is 5.75 Å². The van der Waals surface area contributed by atoms with E-state index in [1.54, 1.807) is 25.1 Å². The number of aliphatic carboxylic acids is 1. The lowest BCUT2D eigenvalue weighted by atomic mass is 9.87. The van der Waals surface area contributed by atoms with Gasteiger partial charge < -0.3 is 10.2 Å². The van der Waals surface area contributed by atoms with Crippen molar-refractivity contribution in [3.8, 4) is 5.75 Å². The molecule has 92 valence electrons. The van der Waals surface area contributed by atoms with Gasteiger partial charge in [0.15, 0.2) is 0 Å². The van der Waals surface area contributed by atoms with Crippen LogP contribution in [0.4, 0.5) is 0 Å². The molecule has 0 amide bonds. The Bertz CT molecular complexity index is 400. The number of aromatic hydroxyl groups is 1. The van der Waals surface area contributed by atoms with Crippen LogP contribution in [-0.2, 0) is 10.3 Å². The van der Waals surface area contributed by atoms with E-state index in [0.29, 0.717) is 18.5 Å². The summed E-state index contributed by atoms with van der Waals surface area (Å²) in [5, 5.41) is 21.6. The summed E-state index contributed by atoms with van der Waals surface area (Å²) in [6.45, 7) is 5.78. The van der Waals surface area contributed by atoms with Crippen LogP contribution in [0.2, 0.25) is 0 Å². The Morgan fingerprint density at radius 1 is 1.47 bits per heavy atom. The molecule has 0 spiro atoms. The number of phenols is 1. The highest BCUT2D eigenvalue weighted by molar-refractivity contribution is 5.80. The summed E-state index contributed by atoms with van der Waals surface area (Å²) < 4.78 is 0. The molecule has 4 nitrogen and oxygen atoms in total. The maximum atomic E-state index is 11.5. The molecule has 0 saturated heterocycles. The molecule has 0 aromatic heterocycles. The molecule has 0 aliphatic heterocycles. The molecule has 1 atom stereocenters. The van der Waals surface area contributed by atoms with Crippen molar-refractivity contribution in [3.63, 3.8) is 0 Å². The van der Waals surface area contributed by atoms with Crippen molar-refractivity contribution in [3.05, 3.63) is 42.5 Å². The molecule has 0 radical (unpaired) electrons. The third-order valence-corrected chi connectivity index (χ3v) is 2.80. The quantitative estimate of drug-likeness (QED) is 0.658. The van der Waals surface area contributed by atoms with E-state index in [1.165, 1.54) is 12.1 Å². The second-order valence-electron chi connectivity index (χ2n) is 3.78. The van der Waals surface area contributed by atoms with Crippen LogP contribution in [0.3, 0.4) is 0 Å². The number of rotatable bonds is 6. The Kier molecular flexibility index (Phi) is 4.29. The summed E-state index contributed by atoms with van der Waals surface area (Å²) in [5.74, 6) is -0.819. The number of phenolic OH excluding ortho intramolecular Hbond substituents is 1. The average molecular weight is 235 g/mol. The van der Waals surface area contributed by atoms with Gasteiger partial charge in [0.05, 0.1) is 0 Å². The van der Waals surface area contributed by atoms with Crippen LogP contribution < -0.4 is 5.32 Å². The Morgan fingerprint density at radius 2 is 2.06 bits per heavy atom. The SMILES string of the molecule is C=CCNC(CC)(C(=O)O)c1ccc(O)cc1. The van der Waals surface area contributed by atoms with Crippen LogP contribution in [0, 0.1) is 0 Å². The first-order chi connectivity index (χ1) is 8.06. The largest absolute Gasteiger partial charge is 0.508 e. The summed E-state index contributed by atoms with van der Waals surface area (Å²) >= 11 is 0. The highest BCUT2D eigenvalue weighted by Crippen LogP contribution is 2.27. The Labute approximate surface area is 101 Å². The average Bonchev–Trinajstić information content (AvgIpc) is 2.32. The number of carbonyl (C=O) groups is 1. The standard InChI is InChI=1S/C13H17NO3/c1-3-9-14-13(4-2,12(16)17)10-5-7-11(15)8-6-10/h3,5-8,14-15H,1,4,9H2,2H3,(H,16,17). The molecule has 4 heteroatoms. The smallest absolute Gasteiger partial charge is 0.328 e. The zero-order chi connectivity index (χ0) is 12.9. The number of hydrogen-bond acceptors (Lipinski definition) is 3. The summed E-state index contributed by atoms with van der Waals surface area (Å²) in [4.78, 5) is 11.5. The lowest BCUT2D eigenvalue weighted by molar-refractivity contribution is -0.145. The molecule has 0 aliphatic rings. The van der Waals surface area contributed by atoms with E-state index < -0.39 is 11.5 Å². The van der Waals surface area contributed by atoms with Crippen molar-refractivity contribution < 1.29 is 15.0 Å². The first-order valence-electron chi connectivity index (χ1n) is 5.45. The van der Waals surface area contributed by atoms with Gasteiger partial charge in [-0.25, -0.2) is 4.79 Å². The molecule has 3 N–H and O–H groups in total. The number of hydrogen-bond donors (Lipinski definition) is 3. The second-order valence-corrected chi connectivity index (χ2v) is 3.78. The van der Waals surface area contributed by atoms with Crippen LogP contribution in [-0.4, -0.2) is 22.7 Å². The minimum atomic E-state index is -1.14. The van der Waals surface area contributed by atoms with E-state index in [-0.39, 0.29) is 5.75 Å². The van der Waals surface area contributed by atoms with Gasteiger partial charge in [0.2, 0.25) is 0 Å². The first kappa shape index (κ1) is 13.3. The molecule has 1 aromatic carbocycles. The monoisotopic (exact) mass is 235 g/mol. The van der Waals surface area contributed by atoms with Crippen molar-refractivity contribution >= 4 is 5.97 Å². The molecule has 1 aromatic rings. The van der Waals surface area contributed by atoms with Gasteiger partial charge in [-0.1, -0.05) is 25.1 Å². The fraction of sp³-hybridized carbons (Fsp3) is 0.308. The topological polar surface area (TPSA) is 69.6 Å². The minimum Gasteiger partial charge on any atom is -0.508 e. The summed E-state index contributed by atoms with van der Waals surface area (Å²) in [7, 11) is 0. The van der Waals surface area contributed by atoms with Gasteiger partial charge in [-0.2, -0.15) is 0 Å². The maximum absolute atomic E-state index is 11.5. The fourth-order valence-electron chi connectivity index (χ4n) is 1.77. The van der Waals surface area contributed by atoms with E-state index in [1.807, 2.05) is 0 Å². The highest BCUT2D eigenvalue weighted by Gasteiger charge is 2.37. The number of carboxylic acid groups (broad SMARTS) is 1. The Hall–Kier alpha value is -1.81. The van der Waals surface area contributed by atoms with E-state index in [0.717, 1.165) is 0 Å². The molecule has 1 unspecified atom stereocenters. The Balaban J connectivity index is 3.16. The molecule has 0 saturated carbocycles. The molecule has 0 heterocycles. The fourth-order valence-corrected chi connectivity index (χ4v) is 1.77. The lowest BCUT2D eigenvalue weighted by Gasteiger charge is -2.29. The van der Waals surface area contributed by atoms with E-state index in [2.05, 4.69) is 11.9 Å². The first-order valence-corrected chi connectivity index (χ1v) is 5.45. The molecular formula is C13H17NO3. The second kappa shape index (κ2) is 5.50. The predicted octanol–water partition coefficient (Wildman–Crippen LogP) is 1.86. The van der Waals surface area contributed by atoms with E-state index >= 15 is 0 Å². The van der Waals surface area contributed by atoms with Gasteiger partial charge in [0.1, 0.15) is 11.3 Å². The molecule has 0 aliphatic carbocycles. The third kappa shape index (κ3) is 2.65. The van der Waals surface area contributed by atoms with Gasteiger partial charge in [0.25, 0.3) is 0 Å². The number of benzene rings is 1. The number of nitrogens with one attached hydrogen (secondary N) is 1. The normalized spacial score (nSPS) is 13.9. The van der Waals surface area contributed by atoms with Crippen molar-refractivity contribution in [2.45, 2.75) is 18.9 Å². The van der Waals surface area contributed by atoms with Crippen LogP contribution in [0.1, 0.15) is 18.9 Å². The zero-order valence-electron chi connectivity index (χ0n) is 9.81. The van der Waals surface area contributed by atoms with Gasteiger partial charge in [-0.15, -0.1) is 6.58 Å². The van der Waals surface area contributed by atoms with Crippen LogP contribution in [0.15, 0.2) is 36.9 Å². The van der Waals surface area contributed by atoms with Gasteiger partial charge in [0, 0.05) is 6.54 Å². The predicted molar refractivity (Wildman–Crippen MR) is 65.9 cm³/mol. The lowest BCUT2D eigenvalue weighted by Crippen LogP contribution is -2.48. The van der Waals surface area contributed by atoms with Gasteiger partial charge in [-0.05, 0) is 24.1 Å². The summed E-state index contributed by atoms with van der Waals surface area (Å²) in [5.41, 5.74) is -0.519.